The van der Waals surface area contributed by atoms with Crippen LogP contribution in [0.15, 0.2) is 0 Å². The third-order valence-electron chi connectivity index (χ3n) is 1.67. The second kappa shape index (κ2) is 7.34. The van der Waals surface area contributed by atoms with Crippen LogP contribution in [-0.4, -0.2) is 33.4 Å². The Morgan fingerprint density at radius 2 is 1.57 bits per heavy atom. The standard InChI is InChI=1S/C9H20O3SSi/c1-5-10-9(13)8-14(4,11-6-2)12-7-3/h5-8H2,1-4H3. The van der Waals surface area contributed by atoms with E-state index in [1.54, 1.807) is 0 Å². The molecule has 0 rings (SSSR count). The Hall–Kier alpha value is 0.0269. The highest BCUT2D eigenvalue weighted by Crippen LogP contribution is 2.15. The SMILES string of the molecule is CCOC(=S)C[Si](C)(OCC)OCC. The summed E-state index contributed by atoms with van der Waals surface area (Å²) < 4.78 is 16.5. The molecule has 3 nitrogen and oxygen atoms in total. The maximum Gasteiger partial charge on any atom is 0.343 e. The molecule has 5 heteroatoms. The van der Waals surface area contributed by atoms with Crippen molar-refractivity contribution < 1.29 is 13.6 Å². The molecule has 0 fully saturated rings. The maximum absolute atomic E-state index is 5.64. The van der Waals surface area contributed by atoms with Gasteiger partial charge in [0, 0.05) is 13.2 Å². The van der Waals surface area contributed by atoms with Gasteiger partial charge in [-0.15, -0.1) is 0 Å². The topological polar surface area (TPSA) is 27.7 Å². The van der Waals surface area contributed by atoms with Gasteiger partial charge in [-0.2, -0.15) is 0 Å². The van der Waals surface area contributed by atoms with Gasteiger partial charge >= 0.3 is 8.56 Å². The molecule has 0 spiro atoms. The molecular formula is C9H20O3SSi. The average Bonchev–Trinajstić information content (AvgIpc) is 2.04. The molecule has 0 N–H and O–H groups in total. The van der Waals surface area contributed by atoms with Crippen LogP contribution < -0.4 is 0 Å². The van der Waals surface area contributed by atoms with Crippen molar-refractivity contribution in [3.63, 3.8) is 0 Å². The van der Waals surface area contributed by atoms with Crippen LogP contribution in [0.3, 0.4) is 0 Å². The number of rotatable bonds is 7. The van der Waals surface area contributed by atoms with Gasteiger partial charge in [-0.3, -0.25) is 0 Å². The fourth-order valence-corrected chi connectivity index (χ4v) is 4.27. The van der Waals surface area contributed by atoms with Gasteiger partial charge in [-0.1, -0.05) is 0 Å². The van der Waals surface area contributed by atoms with E-state index in [0.717, 1.165) is 0 Å². The Morgan fingerprint density at radius 1 is 1.07 bits per heavy atom. The normalized spacial score (nSPS) is 11.4. The predicted molar refractivity (Wildman–Crippen MR) is 63.9 cm³/mol. The molecule has 0 aliphatic rings. The summed E-state index contributed by atoms with van der Waals surface area (Å²) in [6.07, 6.45) is 0. The van der Waals surface area contributed by atoms with Crippen LogP contribution in [0.25, 0.3) is 0 Å². The van der Waals surface area contributed by atoms with Crippen LogP contribution in [0, 0.1) is 0 Å². The van der Waals surface area contributed by atoms with Crippen LogP contribution in [0.1, 0.15) is 20.8 Å². The van der Waals surface area contributed by atoms with E-state index in [4.69, 9.17) is 25.8 Å². The van der Waals surface area contributed by atoms with E-state index in [0.29, 0.717) is 30.9 Å². The zero-order chi connectivity index (χ0) is 11.0. The first kappa shape index (κ1) is 14.0. The molecule has 0 aromatic rings. The van der Waals surface area contributed by atoms with Gasteiger partial charge in [0.25, 0.3) is 0 Å². The van der Waals surface area contributed by atoms with Crippen LogP contribution in [0.5, 0.6) is 0 Å². The fraction of sp³-hybridized carbons (Fsp3) is 0.889. The molecule has 0 bridgehead atoms. The maximum atomic E-state index is 5.64. The molecule has 0 unspecified atom stereocenters. The van der Waals surface area contributed by atoms with Crippen molar-refractivity contribution >= 4 is 25.8 Å². The van der Waals surface area contributed by atoms with Gasteiger partial charge in [-0.05, 0) is 39.5 Å². The smallest absolute Gasteiger partial charge is 0.343 e. The molecule has 0 radical (unpaired) electrons. The van der Waals surface area contributed by atoms with E-state index in [2.05, 4.69) is 0 Å². The van der Waals surface area contributed by atoms with Gasteiger partial charge in [0.05, 0.1) is 12.7 Å². The summed E-state index contributed by atoms with van der Waals surface area (Å²) in [5.74, 6) is 0. The third kappa shape index (κ3) is 5.69. The lowest BCUT2D eigenvalue weighted by Gasteiger charge is -2.25. The second-order valence-electron chi connectivity index (χ2n) is 2.98. The highest BCUT2D eigenvalue weighted by molar-refractivity contribution is 7.80. The van der Waals surface area contributed by atoms with Crippen molar-refractivity contribution in [2.45, 2.75) is 33.4 Å². The van der Waals surface area contributed by atoms with E-state index in [-0.39, 0.29) is 0 Å². The molecule has 0 saturated heterocycles. The molecule has 0 heterocycles. The summed E-state index contributed by atoms with van der Waals surface area (Å²) in [4.78, 5) is 0. The van der Waals surface area contributed by atoms with Gasteiger partial charge in [0.2, 0.25) is 0 Å². The van der Waals surface area contributed by atoms with E-state index >= 15 is 0 Å². The molecule has 0 aromatic carbocycles. The lowest BCUT2D eigenvalue weighted by molar-refractivity contribution is 0.190. The number of hydrogen-bond acceptors (Lipinski definition) is 4. The van der Waals surface area contributed by atoms with E-state index in [9.17, 15) is 0 Å². The molecule has 0 aliphatic heterocycles. The van der Waals surface area contributed by atoms with E-state index in [1.165, 1.54) is 0 Å². The summed E-state index contributed by atoms with van der Waals surface area (Å²) >= 11 is 5.08. The molecule has 0 atom stereocenters. The van der Waals surface area contributed by atoms with Crippen LogP contribution in [0.4, 0.5) is 0 Å². The predicted octanol–water partition coefficient (Wildman–Crippen LogP) is 2.50. The Kier molecular flexibility index (Phi) is 7.35. The lowest BCUT2D eigenvalue weighted by atomic mass is 10.8. The highest BCUT2D eigenvalue weighted by atomic mass is 32.1. The Labute approximate surface area is 93.0 Å². The van der Waals surface area contributed by atoms with Crippen molar-refractivity contribution in [2.75, 3.05) is 19.8 Å². The molecule has 0 amide bonds. The van der Waals surface area contributed by atoms with Gasteiger partial charge in [0.15, 0.2) is 5.05 Å². The summed E-state index contributed by atoms with van der Waals surface area (Å²) in [6, 6.07) is 0.637. The Balaban J connectivity index is 4.12. The van der Waals surface area contributed by atoms with Crippen molar-refractivity contribution in [3.05, 3.63) is 0 Å². The number of hydrogen-bond donors (Lipinski definition) is 0. The molecule has 0 aromatic heterocycles. The van der Waals surface area contributed by atoms with Crippen molar-refractivity contribution in [1.82, 2.24) is 0 Å². The first-order chi connectivity index (χ1) is 6.58. The van der Waals surface area contributed by atoms with Crippen LogP contribution >= 0.6 is 12.2 Å². The van der Waals surface area contributed by atoms with Crippen LogP contribution in [0.2, 0.25) is 12.6 Å². The summed E-state index contributed by atoms with van der Waals surface area (Å²) in [7, 11) is -2.12. The van der Waals surface area contributed by atoms with Gasteiger partial charge in [-0.25, -0.2) is 0 Å². The highest BCUT2D eigenvalue weighted by Gasteiger charge is 2.32. The molecule has 84 valence electrons. The average molecular weight is 236 g/mol. The minimum absolute atomic E-state index is 0.601. The molecule has 0 aliphatic carbocycles. The molecule has 14 heavy (non-hydrogen) atoms. The quantitative estimate of drug-likeness (QED) is 0.501. The summed E-state index contributed by atoms with van der Waals surface area (Å²) in [6.45, 7) is 9.82. The number of ether oxygens (including phenoxy) is 1. The monoisotopic (exact) mass is 236 g/mol. The van der Waals surface area contributed by atoms with Crippen molar-refractivity contribution in [1.29, 1.82) is 0 Å². The summed E-state index contributed by atoms with van der Waals surface area (Å²) in [5, 5.41) is 0.601. The van der Waals surface area contributed by atoms with Crippen LogP contribution in [-0.2, 0) is 13.6 Å². The van der Waals surface area contributed by atoms with Crippen molar-refractivity contribution in [2.24, 2.45) is 0 Å². The minimum Gasteiger partial charge on any atom is -0.487 e. The van der Waals surface area contributed by atoms with E-state index < -0.39 is 8.56 Å². The van der Waals surface area contributed by atoms with E-state index in [1.807, 2.05) is 27.3 Å². The lowest BCUT2D eigenvalue weighted by Crippen LogP contribution is -2.40. The Bertz CT molecular complexity index is 169. The first-order valence-electron chi connectivity index (χ1n) is 5.01. The fourth-order valence-electron chi connectivity index (χ4n) is 1.23. The third-order valence-corrected chi connectivity index (χ3v) is 4.95. The zero-order valence-electron chi connectivity index (χ0n) is 9.46. The molecule has 0 saturated carbocycles. The van der Waals surface area contributed by atoms with Gasteiger partial charge < -0.3 is 13.6 Å². The second-order valence-corrected chi connectivity index (χ2v) is 6.64. The first-order valence-corrected chi connectivity index (χ1v) is 7.94. The summed E-state index contributed by atoms with van der Waals surface area (Å²) in [5.41, 5.74) is 0. The van der Waals surface area contributed by atoms with Gasteiger partial charge in [0.1, 0.15) is 0 Å². The Morgan fingerprint density at radius 3 is 1.93 bits per heavy atom. The minimum atomic E-state index is -2.12. The van der Waals surface area contributed by atoms with Crippen molar-refractivity contribution in [3.8, 4) is 0 Å². The zero-order valence-corrected chi connectivity index (χ0v) is 11.3. The largest absolute Gasteiger partial charge is 0.487 e. The molecular weight excluding hydrogens is 216 g/mol. The number of thiocarbonyl (C=S) groups is 1.